The van der Waals surface area contributed by atoms with E-state index in [1.54, 1.807) is 13.2 Å². The molecule has 5 heteroatoms. The van der Waals surface area contributed by atoms with Gasteiger partial charge in [0.05, 0.1) is 7.11 Å². The number of fused-ring (bicyclic) bond motifs is 2. The Hall–Kier alpha value is -2.40. The highest BCUT2D eigenvalue weighted by molar-refractivity contribution is 5.94. The first-order valence-electron chi connectivity index (χ1n) is 10.1. The summed E-state index contributed by atoms with van der Waals surface area (Å²) in [5.74, 6) is 0.468. The predicted molar refractivity (Wildman–Crippen MR) is 107 cm³/mol. The molecule has 2 heterocycles. The number of methoxy groups -OCH3 is 1. The van der Waals surface area contributed by atoms with Crippen molar-refractivity contribution in [2.24, 2.45) is 0 Å². The summed E-state index contributed by atoms with van der Waals surface area (Å²) in [5, 5.41) is 3.24. The maximum atomic E-state index is 13.2. The Bertz CT molecular complexity index is 810. The third-order valence-corrected chi connectivity index (χ3v) is 6.07. The van der Waals surface area contributed by atoms with Gasteiger partial charge in [-0.1, -0.05) is 24.6 Å². The molecule has 0 aromatic heterocycles. The number of nitrogens with zero attached hydrogens (tertiary/aromatic N) is 1. The van der Waals surface area contributed by atoms with Crippen LogP contribution in [0.1, 0.15) is 48.0 Å². The minimum absolute atomic E-state index is 0.0334. The zero-order valence-corrected chi connectivity index (χ0v) is 16.2. The van der Waals surface area contributed by atoms with Gasteiger partial charge in [0.15, 0.2) is 0 Å². The fourth-order valence-electron chi connectivity index (χ4n) is 4.69. The molecule has 0 unspecified atom stereocenters. The van der Waals surface area contributed by atoms with Gasteiger partial charge in [0.2, 0.25) is 0 Å². The minimum Gasteiger partial charge on any atom is -0.497 e. The topological polar surface area (TPSA) is 41.6 Å². The molecule has 148 valence electrons. The Morgan fingerprint density at radius 2 is 1.86 bits per heavy atom. The van der Waals surface area contributed by atoms with E-state index < -0.39 is 0 Å². The lowest BCUT2D eigenvalue weighted by Gasteiger charge is -2.49. The fourth-order valence-corrected chi connectivity index (χ4v) is 4.69. The minimum atomic E-state index is -0.192. The van der Waals surface area contributed by atoms with Crippen molar-refractivity contribution in [2.45, 2.75) is 56.8 Å². The van der Waals surface area contributed by atoms with Crippen molar-refractivity contribution in [1.82, 2.24) is 10.2 Å². The number of amides is 1. The van der Waals surface area contributed by atoms with Crippen LogP contribution in [0.15, 0.2) is 48.5 Å². The first-order valence-corrected chi connectivity index (χ1v) is 10.1. The van der Waals surface area contributed by atoms with Crippen molar-refractivity contribution in [3.05, 3.63) is 65.5 Å². The molecule has 0 spiro atoms. The van der Waals surface area contributed by atoms with Crippen LogP contribution in [0, 0.1) is 5.82 Å². The molecule has 2 aliphatic rings. The SMILES string of the molecule is COc1cccc(C(=O)NC2C[C@@H]3CCC[C@@H](C2)N3Cc2ccc(F)cc2)c1. The van der Waals surface area contributed by atoms with E-state index in [0.717, 1.165) is 37.8 Å². The number of carbonyl (C=O) groups is 1. The van der Waals surface area contributed by atoms with E-state index in [1.807, 2.05) is 30.3 Å². The van der Waals surface area contributed by atoms with Crippen LogP contribution in [0.3, 0.4) is 0 Å². The average Bonchev–Trinajstić information content (AvgIpc) is 2.70. The van der Waals surface area contributed by atoms with E-state index >= 15 is 0 Å². The van der Waals surface area contributed by atoms with Crippen molar-refractivity contribution in [2.75, 3.05) is 7.11 Å². The third-order valence-electron chi connectivity index (χ3n) is 6.07. The number of rotatable bonds is 5. The highest BCUT2D eigenvalue weighted by Gasteiger charge is 2.38. The van der Waals surface area contributed by atoms with Crippen molar-refractivity contribution in [3.8, 4) is 5.75 Å². The zero-order valence-electron chi connectivity index (χ0n) is 16.2. The second kappa shape index (κ2) is 8.31. The van der Waals surface area contributed by atoms with E-state index in [9.17, 15) is 9.18 Å². The molecular weight excluding hydrogens is 355 g/mol. The first kappa shape index (κ1) is 18.9. The largest absolute Gasteiger partial charge is 0.497 e. The molecule has 4 rings (SSSR count). The van der Waals surface area contributed by atoms with Gasteiger partial charge in [-0.2, -0.15) is 0 Å². The predicted octanol–water partition coefficient (Wildman–Crippen LogP) is 4.15. The number of hydrogen-bond donors (Lipinski definition) is 1. The van der Waals surface area contributed by atoms with E-state index in [2.05, 4.69) is 10.2 Å². The highest BCUT2D eigenvalue weighted by Crippen LogP contribution is 2.35. The van der Waals surface area contributed by atoms with Crippen LogP contribution in [0.4, 0.5) is 4.39 Å². The van der Waals surface area contributed by atoms with Gasteiger partial charge in [-0.25, -0.2) is 4.39 Å². The van der Waals surface area contributed by atoms with Gasteiger partial charge in [0.25, 0.3) is 5.91 Å². The van der Waals surface area contributed by atoms with Crippen LogP contribution >= 0.6 is 0 Å². The van der Waals surface area contributed by atoms with E-state index in [-0.39, 0.29) is 17.8 Å². The summed E-state index contributed by atoms with van der Waals surface area (Å²) < 4.78 is 18.4. The normalized spacial score (nSPS) is 24.6. The number of ether oxygens (including phenoxy) is 1. The summed E-state index contributed by atoms with van der Waals surface area (Å²) in [6.45, 7) is 0.853. The van der Waals surface area contributed by atoms with Crippen molar-refractivity contribution < 1.29 is 13.9 Å². The molecule has 2 aromatic rings. The van der Waals surface area contributed by atoms with Gasteiger partial charge in [0.1, 0.15) is 11.6 Å². The maximum Gasteiger partial charge on any atom is 0.251 e. The van der Waals surface area contributed by atoms with Crippen LogP contribution in [-0.2, 0) is 6.54 Å². The van der Waals surface area contributed by atoms with Crippen LogP contribution in [-0.4, -0.2) is 36.0 Å². The third kappa shape index (κ3) is 4.20. The van der Waals surface area contributed by atoms with Crippen LogP contribution in [0.25, 0.3) is 0 Å². The smallest absolute Gasteiger partial charge is 0.251 e. The molecule has 1 amide bonds. The Balaban J connectivity index is 1.41. The van der Waals surface area contributed by atoms with Crippen molar-refractivity contribution in [1.29, 1.82) is 0 Å². The number of piperidine rings is 2. The summed E-state index contributed by atoms with van der Waals surface area (Å²) in [5.41, 5.74) is 1.79. The average molecular weight is 382 g/mol. The Morgan fingerprint density at radius 1 is 1.14 bits per heavy atom. The lowest BCUT2D eigenvalue weighted by Crippen LogP contribution is -2.56. The fraction of sp³-hybridized carbons (Fsp3) is 0.435. The first-order chi connectivity index (χ1) is 13.6. The van der Waals surface area contributed by atoms with Crippen LogP contribution in [0.5, 0.6) is 5.75 Å². The molecule has 2 aliphatic heterocycles. The molecule has 2 saturated heterocycles. The molecule has 0 saturated carbocycles. The van der Waals surface area contributed by atoms with Gasteiger partial charge >= 0.3 is 0 Å². The summed E-state index contributed by atoms with van der Waals surface area (Å²) in [7, 11) is 1.61. The molecule has 2 atom stereocenters. The van der Waals surface area contributed by atoms with Gasteiger partial charge in [-0.3, -0.25) is 9.69 Å². The van der Waals surface area contributed by atoms with Gasteiger partial charge in [0, 0.05) is 30.2 Å². The maximum absolute atomic E-state index is 13.2. The van der Waals surface area contributed by atoms with Crippen molar-refractivity contribution >= 4 is 5.91 Å². The summed E-state index contributed by atoms with van der Waals surface area (Å²) >= 11 is 0. The number of hydrogen-bond acceptors (Lipinski definition) is 3. The van der Waals surface area contributed by atoms with Crippen LogP contribution in [0.2, 0.25) is 0 Å². The number of halogens is 1. The lowest BCUT2D eigenvalue weighted by atomic mass is 9.81. The van der Waals surface area contributed by atoms with Crippen LogP contribution < -0.4 is 10.1 Å². The van der Waals surface area contributed by atoms with E-state index in [0.29, 0.717) is 23.4 Å². The van der Waals surface area contributed by atoms with Gasteiger partial charge in [-0.05, 0) is 61.6 Å². The monoisotopic (exact) mass is 382 g/mol. The summed E-state index contributed by atoms with van der Waals surface area (Å²) in [6, 6.07) is 15.2. The Labute approximate surface area is 165 Å². The second-order valence-electron chi connectivity index (χ2n) is 7.91. The molecule has 0 radical (unpaired) electrons. The molecule has 2 bridgehead atoms. The van der Waals surface area contributed by atoms with E-state index in [1.165, 1.54) is 18.6 Å². The zero-order chi connectivity index (χ0) is 19.5. The van der Waals surface area contributed by atoms with E-state index in [4.69, 9.17) is 4.74 Å². The Morgan fingerprint density at radius 3 is 2.54 bits per heavy atom. The molecule has 2 aromatic carbocycles. The van der Waals surface area contributed by atoms with Gasteiger partial charge in [-0.15, -0.1) is 0 Å². The molecular formula is C23H27FN2O2. The number of benzene rings is 2. The molecule has 1 N–H and O–H groups in total. The Kier molecular flexibility index (Phi) is 5.62. The standard InChI is InChI=1S/C23H27FN2O2/c1-28-22-7-2-4-17(12-22)23(27)25-19-13-20-5-3-6-21(14-19)26(20)15-16-8-10-18(24)11-9-16/h2,4,7-12,19-21H,3,5-6,13-15H2,1H3,(H,25,27)/t20-,21-/m0/s1. The summed E-state index contributed by atoms with van der Waals surface area (Å²) in [4.78, 5) is 15.2. The molecule has 28 heavy (non-hydrogen) atoms. The molecule has 2 fully saturated rings. The molecule has 0 aliphatic carbocycles. The van der Waals surface area contributed by atoms with Crippen molar-refractivity contribution in [3.63, 3.8) is 0 Å². The summed E-state index contributed by atoms with van der Waals surface area (Å²) in [6.07, 6.45) is 5.49. The molecule has 4 nitrogen and oxygen atoms in total. The lowest BCUT2D eigenvalue weighted by molar-refractivity contribution is 0.0177. The second-order valence-corrected chi connectivity index (χ2v) is 7.91. The van der Waals surface area contributed by atoms with Gasteiger partial charge < -0.3 is 10.1 Å². The number of carbonyl (C=O) groups excluding carboxylic acids is 1. The number of nitrogens with one attached hydrogen (secondary N) is 1. The highest BCUT2D eigenvalue weighted by atomic mass is 19.1. The quantitative estimate of drug-likeness (QED) is 0.845.